The smallest absolute Gasteiger partial charge is 0.340 e. The van der Waals surface area contributed by atoms with Gasteiger partial charge in [-0.2, -0.15) is 13.2 Å². The van der Waals surface area contributed by atoms with E-state index in [4.69, 9.17) is 0 Å². The van der Waals surface area contributed by atoms with E-state index in [1.165, 1.54) is 29.0 Å². The number of alkyl halides is 3. The van der Waals surface area contributed by atoms with Gasteiger partial charge in [0.25, 0.3) is 5.91 Å². The lowest BCUT2D eigenvalue weighted by atomic mass is 10.1. The van der Waals surface area contributed by atoms with E-state index in [0.29, 0.717) is 22.4 Å². The van der Waals surface area contributed by atoms with Gasteiger partial charge in [-0.05, 0) is 23.8 Å². The molecule has 0 spiro atoms. The van der Waals surface area contributed by atoms with Crippen molar-refractivity contribution in [3.63, 3.8) is 0 Å². The van der Waals surface area contributed by atoms with Crippen molar-refractivity contribution in [2.75, 3.05) is 13.6 Å². The third-order valence-corrected chi connectivity index (χ3v) is 4.46. The van der Waals surface area contributed by atoms with Gasteiger partial charge in [0.1, 0.15) is 6.54 Å². The fourth-order valence-electron chi connectivity index (χ4n) is 2.92. The Morgan fingerprint density at radius 1 is 1.07 bits per heavy atom. The predicted molar refractivity (Wildman–Crippen MR) is 94.4 cm³/mol. The quantitative estimate of drug-likeness (QED) is 0.817. The molecule has 0 aromatic heterocycles. The molecular weight excluding hydrogens is 357 g/mol. The highest BCUT2D eigenvalue weighted by molar-refractivity contribution is 6.10. The maximum Gasteiger partial charge on any atom is 0.416 e. The van der Waals surface area contributed by atoms with Crippen LogP contribution >= 0.6 is 0 Å². The molecular formula is C20H17F3N2O2. The summed E-state index contributed by atoms with van der Waals surface area (Å²) in [6.45, 7) is 3.84. The van der Waals surface area contributed by atoms with Gasteiger partial charge in [-0.3, -0.25) is 14.5 Å². The summed E-state index contributed by atoms with van der Waals surface area (Å²) in [5.74, 6) is -0.621. The molecule has 2 amide bonds. The fraction of sp³-hybridized carbons (Fsp3) is 0.200. The van der Waals surface area contributed by atoms with Crippen LogP contribution in [0.15, 0.2) is 55.1 Å². The number of carbonyl (C=O) groups is 2. The van der Waals surface area contributed by atoms with E-state index < -0.39 is 11.7 Å². The molecule has 0 aliphatic carbocycles. The summed E-state index contributed by atoms with van der Waals surface area (Å²) in [5, 5.41) is 0. The minimum absolute atomic E-state index is 0.137. The largest absolute Gasteiger partial charge is 0.416 e. The Labute approximate surface area is 154 Å². The molecule has 1 aliphatic heterocycles. The monoisotopic (exact) mass is 374 g/mol. The van der Waals surface area contributed by atoms with Crippen molar-refractivity contribution in [2.45, 2.75) is 12.7 Å². The van der Waals surface area contributed by atoms with Gasteiger partial charge in [-0.15, -0.1) is 0 Å². The molecule has 0 saturated heterocycles. The van der Waals surface area contributed by atoms with Crippen molar-refractivity contribution in [1.29, 1.82) is 0 Å². The first kappa shape index (κ1) is 18.7. The zero-order chi connectivity index (χ0) is 19.8. The van der Waals surface area contributed by atoms with E-state index >= 15 is 0 Å². The van der Waals surface area contributed by atoms with Gasteiger partial charge < -0.3 is 4.90 Å². The third kappa shape index (κ3) is 3.72. The molecule has 1 heterocycles. The van der Waals surface area contributed by atoms with Gasteiger partial charge >= 0.3 is 6.18 Å². The summed E-state index contributed by atoms with van der Waals surface area (Å²) in [6.07, 6.45) is -4.40. The molecule has 1 aliphatic rings. The first-order chi connectivity index (χ1) is 12.7. The van der Waals surface area contributed by atoms with Gasteiger partial charge in [0.05, 0.1) is 5.56 Å². The van der Waals surface area contributed by atoms with E-state index in [0.717, 1.165) is 12.1 Å². The molecule has 2 aromatic carbocycles. The normalized spacial score (nSPS) is 13.7. The number of likely N-dealkylation sites (N-methyl/N-ethyl adjacent to an activating group) is 1. The van der Waals surface area contributed by atoms with Gasteiger partial charge in [-0.25, -0.2) is 0 Å². The third-order valence-electron chi connectivity index (χ3n) is 4.46. The SMILES string of the molecule is C=C1c2ccccc2C(=O)N1CC(=O)N(C)Cc1ccc(C(F)(F)F)cc1. The van der Waals surface area contributed by atoms with Crippen molar-refractivity contribution in [3.05, 3.63) is 77.4 Å². The zero-order valence-electron chi connectivity index (χ0n) is 14.6. The standard InChI is InChI=1S/C20H17F3N2O2/c1-13-16-5-3-4-6-17(16)19(27)25(13)12-18(26)24(2)11-14-7-9-15(10-8-14)20(21,22)23/h3-10H,1,11-12H2,2H3. The number of amides is 2. The molecule has 27 heavy (non-hydrogen) atoms. The van der Waals surface area contributed by atoms with Crippen LogP contribution in [0, 0.1) is 0 Å². The maximum absolute atomic E-state index is 12.6. The summed E-state index contributed by atoms with van der Waals surface area (Å²) < 4.78 is 37.8. The number of fused-ring (bicyclic) bond motifs is 1. The van der Waals surface area contributed by atoms with Crippen LogP contribution in [-0.2, 0) is 17.5 Å². The molecule has 0 N–H and O–H groups in total. The number of halogens is 3. The van der Waals surface area contributed by atoms with Gasteiger partial charge in [0, 0.05) is 30.4 Å². The number of carbonyl (C=O) groups excluding carboxylic acids is 2. The first-order valence-electron chi connectivity index (χ1n) is 8.19. The van der Waals surface area contributed by atoms with Crippen LogP contribution in [-0.4, -0.2) is 35.2 Å². The zero-order valence-corrected chi connectivity index (χ0v) is 14.6. The molecule has 4 nitrogen and oxygen atoms in total. The van der Waals surface area contributed by atoms with Crippen LogP contribution in [0.25, 0.3) is 5.70 Å². The maximum atomic E-state index is 12.6. The molecule has 0 unspecified atom stereocenters. The van der Waals surface area contributed by atoms with Crippen molar-refractivity contribution >= 4 is 17.5 Å². The summed E-state index contributed by atoms with van der Waals surface area (Å²) in [4.78, 5) is 27.6. The lowest BCUT2D eigenvalue weighted by molar-refractivity contribution is -0.137. The topological polar surface area (TPSA) is 40.6 Å². The average molecular weight is 374 g/mol. The molecule has 140 valence electrons. The van der Waals surface area contributed by atoms with Crippen LogP contribution in [0.1, 0.15) is 27.0 Å². The molecule has 7 heteroatoms. The lowest BCUT2D eigenvalue weighted by Gasteiger charge is -2.22. The molecule has 2 aromatic rings. The Kier molecular flexibility index (Phi) is 4.78. The van der Waals surface area contributed by atoms with Crippen LogP contribution in [0.3, 0.4) is 0 Å². The Morgan fingerprint density at radius 2 is 1.67 bits per heavy atom. The average Bonchev–Trinajstić information content (AvgIpc) is 2.86. The minimum atomic E-state index is -4.40. The van der Waals surface area contributed by atoms with E-state index in [1.807, 2.05) is 0 Å². The summed E-state index contributed by atoms with van der Waals surface area (Å²) >= 11 is 0. The summed E-state index contributed by atoms with van der Waals surface area (Å²) in [6, 6.07) is 11.6. The van der Waals surface area contributed by atoms with Gasteiger partial charge in [0.2, 0.25) is 5.91 Å². The molecule has 3 rings (SSSR count). The highest BCUT2D eigenvalue weighted by Gasteiger charge is 2.33. The number of hydrogen-bond acceptors (Lipinski definition) is 2. The second-order valence-electron chi connectivity index (χ2n) is 6.33. The molecule has 0 radical (unpaired) electrons. The van der Waals surface area contributed by atoms with Gasteiger partial charge in [0.15, 0.2) is 0 Å². The van der Waals surface area contributed by atoms with Crippen LogP contribution in [0.5, 0.6) is 0 Å². The second-order valence-corrected chi connectivity index (χ2v) is 6.33. The van der Waals surface area contributed by atoms with Crippen LogP contribution < -0.4 is 0 Å². The van der Waals surface area contributed by atoms with Crippen molar-refractivity contribution in [1.82, 2.24) is 9.80 Å². The van der Waals surface area contributed by atoms with Crippen LogP contribution in [0.2, 0.25) is 0 Å². The number of nitrogens with zero attached hydrogens (tertiary/aromatic N) is 2. The fourth-order valence-corrected chi connectivity index (χ4v) is 2.92. The number of rotatable bonds is 4. The minimum Gasteiger partial charge on any atom is -0.340 e. The lowest BCUT2D eigenvalue weighted by Crippen LogP contribution is -2.37. The molecule has 0 fully saturated rings. The van der Waals surface area contributed by atoms with Crippen LogP contribution in [0.4, 0.5) is 13.2 Å². The van der Waals surface area contributed by atoms with E-state index in [1.54, 1.807) is 24.3 Å². The van der Waals surface area contributed by atoms with Crippen molar-refractivity contribution < 1.29 is 22.8 Å². The summed E-state index contributed by atoms with van der Waals surface area (Å²) in [7, 11) is 1.54. The highest BCUT2D eigenvalue weighted by atomic mass is 19.4. The molecule has 0 atom stereocenters. The summed E-state index contributed by atoms with van der Waals surface area (Å²) in [5.41, 5.74) is 1.49. The van der Waals surface area contributed by atoms with Gasteiger partial charge in [-0.1, -0.05) is 36.9 Å². The van der Waals surface area contributed by atoms with Crippen molar-refractivity contribution in [3.8, 4) is 0 Å². The molecule has 0 saturated carbocycles. The number of benzene rings is 2. The number of hydrogen-bond donors (Lipinski definition) is 0. The Morgan fingerprint density at radius 3 is 2.22 bits per heavy atom. The second kappa shape index (κ2) is 6.90. The predicted octanol–water partition coefficient (Wildman–Crippen LogP) is 3.79. The first-order valence-corrected chi connectivity index (χ1v) is 8.19. The van der Waals surface area contributed by atoms with E-state index in [2.05, 4.69) is 6.58 Å². The van der Waals surface area contributed by atoms with E-state index in [9.17, 15) is 22.8 Å². The highest BCUT2D eigenvalue weighted by Crippen LogP contribution is 2.31. The van der Waals surface area contributed by atoms with Crippen molar-refractivity contribution in [2.24, 2.45) is 0 Å². The Balaban J connectivity index is 1.65. The van der Waals surface area contributed by atoms with E-state index in [-0.39, 0.29) is 24.9 Å². The Bertz CT molecular complexity index is 869. The molecule has 0 bridgehead atoms. The Hall–Kier alpha value is -3.09.